The highest BCUT2D eigenvalue weighted by Crippen LogP contribution is 2.23. The molecule has 0 atom stereocenters. The number of carbonyl (C=O) groups excluding carboxylic acids is 1. The lowest BCUT2D eigenvalue weighted by Gasteiger charge is -2.28. The smallest absolute Gasteiger partial charge is 0.224 e. The van der Waals surface area contributed by atoms with Crippen molar-refractivity contribution >= 4 is 41.5 Å². The Morgan fingerprint density at radius 3 is 2.38 bits per heavy atom. The third-order valence-electron chi connectivity index (χ3n) is 4.76. The lowest BCUT2D eigenvalue weighted by molar-refractivity contribution is -0.116. The lowest BCUT2D eigenvalue weighted by Crippen LogP contribution is -2.44. The molecule has 1 fully saturated rings. The Morgan fingerprint density at radius 2 is 1.81 bits per heavy atom. The summed E-state index contributed by atoms with van der Waals surface area (Å²) < 4.78 is 0. The second-order valence-corrected chi connectivity index (χ2v) is 7.02. The van der Waals surface area contributed by atoms with Gasteiger partial charge in [0.15, 0.2) is 5.96 Å². The Kier molecular flexibility index (Phi) is 10.6. The highest BCUT2D eigenvalue weighted by Gasteiger charge is 2.18. The summed E-state index contributed by atoms with van der Waals surface area (Å²) >= 11 is 0. The topological polar surface area (TPSA) is 65.5 Å². The molecule has 0 unspecified atom stereocenters. The van der Waals surface area contributed by atoms with Crippen molar-refractivity contribution in [3.8, 4) is 0 Å². The highest BCUT2D eigenvalue weighted by molar-refractivity contribution is 14.0. The van der Waals surface area contributed by atoms with Gasteiger partial charge in [-0.1, -0.05) is 26.0 Å². The number of nitrogens with zero attached hydrogens (tertiary/aromatic N) is 1. The number of carbonyl (C=O) groups is 1. The van der Waals surface area contributed by atoms with Crippen LogP contribution in [0.15, 0.2) is 29.3 Å². The molecule has 0 spiro atoms. The van der Waals surface area contributed by atoms with Gasteiger partial charge in [0.05, 0.1) is 0 Å². The molecule has 146 valence electrons. The van der Waals surface area contributed by atoms with Crippen LogP contribution in [0.25, 0.3) is 0 Å². The van der Waals surface area contributed by atoms with Gasteiger partial charge in [-0.05, 0) is 55.7 Å². The van der Waals surface area contributed by atoms with Crippen molar-refractivity contribution in [2.45, 2.75) is 65.0 Å². The average molecular weight is 472 g/mol. The van der Waals surface area contributed by atoms with Crippen molar-refractivity contribution in [2.24, 2.45) is 10.9 Å². The number of benzene rings is 1. The van der Waals surface area contributed by atoms with Gasteiger partial charge in [0.1, 0.15) is 0 Å². The quantitative estimate of drug-likeness (QED) is 0.329. The van der Waals surface area contributed by atoms with Crippen molar-refractivity contribution in [3.63, 3.8) is 0 Å². The number of amides is 1. The summed E-state index contributed by atoms with van der Waals surface area (Å²) in [4.78, 5) is 15.9. The molecule has 1 aliphatic rings. The maximum atomic E-state index is 11.6. The predicted octanol–water partition coefficient (Wildman–Crippen LogP) is 4.29. The molecule has 3 N–H and O–H groups in total. The third kappa shape index (κ3) is 7.93. The van der Waals surface area contributed by atoms with Crippen molar-refractivity contribution in [3.05, 3.63) is 29.8 Å². The first-order valence-electron chi connectivity index (χ1n) is 9.46. The van der Waals surface area contributed by atoms with E-state index in [4.69, 9.17) is 0 Å². The van der Waals surface area contributed by atoms with Crippen LogP contribution in [0.2, 0.25) is 0 Å². The first-order valence-corrected chi connectivity index (χ1v) is 9.46. The fraction of sp³-hybridized carbons (Fsp3) is 0.600. The standard InChI is InChI=1S/C20H32N4O.HI/c1-4-5-19(25)23-17-12-8-16(9-13-17)14-22-20(21-3)24-18-10-6-15(2)7-11-18;/h8-9,12-13,15,18H,4-7,10-11,14H2,1-3H3,(H,23,25)(H2,21,22,24);1H. The van der Waals surface area contributed by atoms with Gasteiger partial charge in [-0.25, -0.2) is 0 Å². The summed E-state index contributed by atoms with van der Waals surface area (Å²) in [5.74, 6) is 1.78. The zero-order valence-corrected chi connectivity index (χ0v) is 18.5. The SMILES string of the molecule is CCCC(=O)Nc1ccc(CNC(=NC)NC2CCC(C)CC2)cc1.I. The van der Waals surface area contributed by atoms with E-state index in [0.717, 1.165) is 29.5 Å². The van der Waals surface area contributed by atoms with Crippen LogP contribution in [-0.4, -0.2) is 25.0 Å². The number of hydrogen-bond acceptors (Lipinski definition) is 2. The molecule has 26 heavy (non-hydrogen) atoms. The summed E-state index contributed by atoms with van der Waals surface area (Å²) in [7, 11) is 1.81. The van der Waals surface area contributed by atoms with Gasteiger partial charge in [0, 0.05) is 31.7 Å². The van der Waals surface area contributed by atoms with Gasteiger partial charge in [0.25, 0.3) is 0 Å². The van der Waals surface area contributed by atoms with Crippen LogP contribution < -0.4 is 16.0 Å². The first kappa shape index (κ1) is 22.7. The number of nitrogens with one attached hydrogen (secondary N) is 3. The Morgan fingerprint density at radius 1 is 1.15 bits per heavy atom. The maximum absolute atomic E-state index is 11.6. The normalized spacial score (nSPS) is 20.0. The van der Waals surface area contributed by atoms with Crippen molar-refractivity contribution in [1.29, 1.82) is 0 Å². The molecule has 1 saturated carbocycles. The zero-order valence-electron chi connectivity index (χ0n) is 16.2. The van der Waals surface area contributed by atoms with Crippen molar-refractivity contribution in [1.82, 2.24) is 10.6 Å². The first-order chi connectivity index (χ1) is 12.1. The Labute approximate surface area is 174 Å². The molecule has 0 aliphatic heterocycles. The van der Waals surface area contributed by atoms with E-state index < -0.39 is 0 Å². The van der Waals surface area contributed by atoms with E-state index in [1.54, 1.807) is 0 Å². The van der Waals surface area contributed by atoms with Crippen LogP contribution in [0.3, 0.4) is 0 Å². The fourth-order valence-corrected chi connectivity index (χ4v) is 3.13. The summed E-state index contributed by atoms with van der Waals surface area (Å²) in [6.45, 7) is 5.05. The van der Waals surface area contributed by atoms with E-state index in [9.17, 15) is 4.79 Å². The molecule has 1 amide bonds. The van der Waals surface area contributed by atoms with Crippen molar-refractivity contribution in [2.75, 3.05) is 12.4 Å². The molecule has 0 heterocycles. The minimum Gasteiger partial charge on any atom is -0.354 e. The molecule has 1 aliphatic carbocycles. The highest BCUT2D eigenvalue weighted by atomic mass is 127. The van der Waals surface area contributed by atoms with E-state index in [0.29, 0.717) is 19.0 Å². The van der Waals surface area contributed by atoms with E-state index in [-0.39, 0.29) is 29.9 Å². The molecular weight excluding hydrogens is 439 g/mol. The van der Waals surface area contributed by atoms with Crippen molar-refractivity contribution < 1.29 is 4.79 Å². The van der Waals surface area contributed by atoms with Gasteiger partial charge in [0.2, 0.25) is 5.91 Å². The van der Waals surface area contributed by atoms with Gasteiger partial charge in [-0.3, -0.25) is 9.79 Å². The fourth-order valence-electron chi connectivity index (χ4n) is 3.13. The van der Waals surface area contributed by atoms with E-state index in [1.165, 1.54) is 25.7 Å². The largest absolute Gasteiger partial charge is 0.354 e. The van der Waals surface area contributed by atoms with E-state index in [1.807, 2.05) is 38.2 Å². The summed E-state index contributed by atoms with van der Waals surface area (Å²) in [5, 5.41) is 9.81. The van der Waals surface area contributed by atoms with Gasteiger partial charge in [-0.2, -0.15) is 0 Å². The minimum atomic E-state index is 0. The van der Waals surface area contributed by atoms with Gasteiger partial charge >= 0.3 is 0 Å². The van der Waals surface area contributed by atoms with Crippen LogP contribution in [0.4, 0.5) is 5.69 Å². The molecule has 0 saturated heterocycles. The molecule has 1 aromatic carbocycles. The minimum absolute atomic E-state index is 0. The van der Waals surface area contributed by atoms with Crippen LogP contribution >= 0.6 is 24.0 Å². The number of guanidine groups is 1. The van der Waals surface area contributed by atoms with Gasteiger partial charge < -0.3 is 16.0 Å². The predicted molar refractivity (Wildman–Crippen MR) is 120 cm³/mol. The number of rotatable bonds is 6. The molecule has 1 aromatic rings. The molecule has 5 nitrogen and oxygen atoms in total. The number of aliphatic imine (C=N–C) groups is 1. The van der Waals surface area contributed by atoms with E-state index in [2.05, 4.69) is 27.9 Å². The molecular formula is C20H33IN4O. The Hall–Kier alpha value is -1.31. The monoisotopic (exact) mass is 472 g/mol. The molecule has 6 heteroatoms. The second kappa shape index (κ2) is 12.1. The Balaban J connectivity index is 0.00000338. The van der Waals surface area contributed by atoms with Crippen LogP contribution in [0, 0.1) is 5.92 Å². The summed E-state index contributed by atoms with van der Waals surface area (Å²) in [5.41, 5.74) is 2.01. The van der Waals surface area contributed by atoms with E-state index >= 15 is 0 Å². The zero-order chi connectivity index (χ0) is 18.1. The van der Waals surface area contributed by atoms with Crippen LogP contribution in [0.5, 0.6) is 0 Å². The maximum Gasteiger partial charge on any atom is 0.224 e. The second-order valence-electron chi connectivity index (χ2n) is 7.02. The van der Waals surface area contributed by atoms with Crippen LogP contribution in [0.1, 0.15) is 57.9 Å². The van der Waals surface area contributed by atoms with Crippen LogP contribution in [-0.2, 0) is 11.3 Å². The molecule has 0 bridgehead atoms. The lowest BCUT2D eigenvalue weighted by atomic mass is 9.87. The Bertz CT molecular complexity index is 566. The molecule has 0 radical (unpaired) electrons. The number of hydrogen-bond donors (Lipinski definition) is 3. The average Bonchev–Trinajstić information content (AvgIpc) is 2.61. The third-order valence-corrected chi connectivity index (χ3v) is 4.76. The number of anilines is 1. The molecule has 2 rings (SSSR count). The summed E-state index contributed by atoms with van der Waals surface area (Å²) in [6.07, 6.45) is 6.44. The summed E-state index contributed by atoms with van der Waals surface area (Å²) in [6, 6.07) is 8.49. The van der Waals surface area contributed by atoms with Gasteiger partial charge in [-0.15, -0.1) is 24.0 Å². The molecule has 0 aromatic heterocycles. The number of halogens is 1.